The van der Waals surface area contributed by atoms with E-state index in [4.69, 9.17) is 18.6 Å². The molecule has 1 atom stereocenters. The van der Waals surface area contributed by atoms with Crippen LogP contribution in [0.2, 0.25) is 0 Å². The number of rotatable bonds is 6. The molecule has 1 aromatic heterocycles. The minimum atomic E-state index is -0.967. The number of aliphatic hydroxyl groups is 1. The first-order valence-corrected chi connectivity index (χ1v) is 9.71. The number of ketones is 1. The lowest BCUT2D eigenvalue weighted by molar-refractivity contribution is -0.132. The van der Waals surface area contributed by atoms with Gasteiger partial charge in [-0.3, -0.25) is 14.5 Å². The number of furan rings is 1. The van der Waals surface area contributed by atoms with Gasteiger partial charge in [-0.2, -0.15) is 0 Å². The molecule has 1 aliphatic heterocycles. The molecule has 2 aromatic carbocycles. The summed E-state index contributed by atoms with van der Waals surface area (Å²) in [5, 5.41) is 11.0. The molecule has 1 N–H and O–H groups in total. The van der Waals surface area contributed by atoms with E-state index in [1.54, 1.807) is 54.6 Å². The third kappa shape index (κ3) is 3.45. The second-order valence-electron chi connectivity index (χ2n) is 6.95. The van der Waals surface area contributed by atoms with E-state index in [9.17, 15) is 14.7 Å². The molecule has 1 fully saturated rings. The molecular formula is C24H21NO7. The molecule has 0 radical (unpaired) electrons. The van der Waals surface area contributed by atoms with E-state index < -0.39 is 17.7 Å². The molecule has 8 heteroatoms. The molecule has 1 unspecified atom stereocenters. The number of hydrogen-bond acceptors (Lipinski definition) is 7. The molecule has 1 saturated heterocycles. The predicted octanol–water partition coefficient (Wildman–Crippen LogP) is 3.93. The maximum Gasteiger partial charge on any atom is 0.300 e. The third-order valence-corrected chi connectivity index (χ3v) is 5.27. The van der Waals surface area contributed by atoms with Crippen molar-refractivity contribution in [3.05, 3.63) is 77.8 Å². The topological polar surface area (TPSA) is 98.4 Å². The van der Waals surface area contributed by atoms with Crippen molar-refractivity contribution in [2.45, 2.75) is 6.04 Å². The maximum absolute atomic E-state index is 13.1. The molecule has 2 heterocycles. The summed E-state index contributed by atoms with van der Waals surface area (Å²) >= 11 is 0. The molecule has 164 valence electrons. The van der Waals surface area contributed by atoms with Crippen LogP contribution < -0.4 is 19.1 Å². The Morgan fingerprint density at radius 3 is 2.25 bits per heavy atom. The zero-order valence-electron chi connectivity index (χ0n) is 17.7. The molecule has 0 saturated carbocycles. The summed E-state index contributed by atoms with van der Waals surface area (Å²) in [6, 6.07) is 13.7. The van der Waals surface area contributed by atoms with Gasteiger partial charge in [0.25, 0.3) is 11.7 Å². The Morgan fingerprint density at radius 1 is 0.938 bits per heavy atom. The number of anilines is 1. The predicted molar refractivity (Wildman–Crippen MR) is 116 cm³/mol. The van der Waals surface area contributed by atoms with Crippen LogP contribution in [-0.4, -0.2) is 38.1 Å². The molecule has 0 spiro atoms. The Balaban J connectivity index is 1.88. The van der Waals surface area contributed by atoms with E-state index in [0.29, 0.717) is 34.3 Å². The number of hydrogen-bond donors (Lipinski definition) is 1. The van der Waals surface area contributed by atoms with E-state index in [2.05, 4.69) is 0 Å². The molecule has 8 nitrogen and oxygen atoms in total. The second kappa shape index (κ2) is 8.50. The number of Topliss-reactive ketones (excluding diaryl/α,β-unsaturated/α-hetero) is 1. The number of carbonyl (C=O) groups is 2. The van der Waals surface area contributed by atoms with Crippen molar-refractivity contribution in [3.8, 4) is 17.2 Å². The van der Waals surface area contributed by atoms with Gasteiger partial charge in [0.2, 0.25) is 0 Å². The van der Waals surface area contributed by atoms with Crippen LogP contribution in [-0.2, 0) is 9.59 Å². The lowest BCUT2D eigenvalue weighted by Gasteiger charge is -2.24. The van der Waals surface area contributed by atoms with Crippen LogP contribution in [0.3, 0.4) is 0 Å². The van der Waals surface area contributed by atoms with Gasteiger partial charge in [0.1, 0.15) is 23.3 Å². The first-order valence-electron chi connectivity index (χ1n) is 9.71. The molecule has 0 bridgehead atoms. The highest BCUT2D eigenvalue weighted by Crippen LogP contribution is 2.44. The Kier molecular flexibility index (Phi) is 5.59. The molecule has 0 aliphatic carbocycles. The first kappa shape index (κ1) is 21.0. The number of carbonyl (C=O) groups excluding carboxylic acids is 2. The van der Waals surface area contributed by atoms with E-state index in [1.807, 2.05) is 0 Å². The van der Waals surface area contributed by atoms with Gasteiger partial charge in [-0.1, -0.05) is 0 Å². The van der Waals surface area contributed by atoms with Crippen molar-refractivity contribution in [3.63, 3.8) is 0 Å². The van der Waals surface area contributed by atoms with Crippen molar-refractivity contribution in [2.75, 3.05) is 26.2 Å². The summed E-state index contributed by atoms with van der Waals surface area (Å²) in [5.74, 6) is -0.150. The van der Waals surface area contributed by atoms with Gasteiger partial charge >= 0.3 is 0 Å². The van der Waals surface area contributed by atoms with Gasteiger partial charge in [-0.15, -0.1) is 0 Å². The number of methoxy groups -OCH3 is 3. The summed E-state index contributed by atoms with van der Waals surface area (Å²) in [6.45, 7) is 0. The Bertz CT molecular complexity index is 1180. The van der Waals surface area contributed by atoms with Crippen LogP contribution in [0.25, 0.3) is 5.76 Å². The standard InChI is InChI=1S/C24H21NO7/c1-29-16-9-6-14(7-10-16)22(26)20-21(18-5-4-12-32-18)25(24(28)23(20)27)15-8-11-17(30-2)19(13-15)31-3/h4-13,21,26H,1-3H3/b22-20-. The number of aliphatic hydroxyl groups excluding tert-OH is 1. The maximum atomic E-state index is 13.1. The minimum absolute atomic E-state index is 0.0788. The SMILES string of the molecule is COc1ccc(/C(O)=C2/C(=O)C(=O)N(c3ccc(OC)c(OC)c3)C2c2ccco2)cc1. The van der Waals surface area contributed by atoms with Crippen LogP contribution in [0.5, 0.6) is 17.2 Å². The highest BCUT2D eigenvalue weighted by atomic mass is 16.5. The average molecular weight is 435 g/mol. The Hall–Kier alpha value is -4.20. The number of ether oxygens (including phenoxy) is 3. The van der Waals surface area contributed by atoms with Gasteiger partial charge in [-0.25, -0.2) is 0 Å². The number of benzene rings is 2. The van der Waals surface area contributed by atoms with Crippen LogP contribution in [0.15, 0.2) is 70.9 Å². The van der Waals surface area contributed by atoms with Crippen LogP contribution in [0.4, 0.5) is 5.69 Å². The fourth-order valence-electron chi connectivity index (χ4n) is 3.69. The fraction of sp³-hybridized carbons (Fsp3) is 0.167. The number of amides is 1. The summed E-state index contributed by atoms with van der Waals surface area (Å²) < 4.78 is 21.3. The first-order chi connectivity index (χ1) is 15.5. The van der Waals surface area contributed by atoms with Crippen molar-refractivity contribution < 1.29 is 33.3 Å². The smallest absolute Gasteiger partial charge is 0.300 e. The highest BCUT2D eigenvalue weighted by Gasteiger charge is 2.48. The van der Waals surface area contributed by atoms with Gasteiger partial charge < -0.3 is 23.7 Å². The summed E-state index contributed by atoms with van der Waals surface area (Å²) in [7, 11) is 4.51. The van der Waals surface area contributed by atoms with Gasteiger partial charge in [0.05, 0.1) is 33.2 Å². The van der Waals surface area contributed by atoms with Crippen molar-refractivity contribution in [1.29, 1.82) is 0 Å². The average Bonchev–Trinajstić information content (AvgIpc) is 3.45. The summed E-state index contributed by atoms with van der Waals surface area (Å²) in [6.07, 6.45) is 1.44. The van der Waals surface area contributed by atoms with E-state index in [-0.39, 0.29) is 11.3 Å². The van der Waals surface area contributed by atoms with E-state index >= 15 is 0 Å². The van der Waals surface area contributed by atoms with E-state index in [0.717, 1.165) is 0 Å². The number of nitrogens with zero attached hydrogens (tertiary/aromatic N) is 1. The van der Waals surface area contributed by atoms with Crippen LogP contribution >= 0.6 is 0 Å². The fourth-order valence-corrected chi connectivity index (χ4v) is 3.69. The second-order valence-corrected chi connectivity index (χ2v) is 6.95. The zero-order valence-corrected chi connectivity index (χ0v) is 17.7. The lowest BCUT2D eigenvalue weighted by Crippen LogP contribution is -2.29. The summed E-state index contributed by atoms with van der Waals surface area (Å²) in [4.78, 5) is 27.5. The largest absolute Gasteiger partial charge is 0.507 e. The Morgan fingerprint density at radius 2 is 1.66 bits per heavy atom. The molecule has 4 rings (SSSR count). The molecule has 3 aromatic rings. The molecule has 1 amide bonds. The van der Waals surface area contributed by atoms with Crippen LogP contribution in [0, 0.1) is 0 Å². The molecular weight excluding hydrogens is 414 g/mol. The van der Waals surface area contributed by atoms with Gasteiger partial charge in [0.15, 0.2) is 11.5 Å². The van der Waals surface area contributed by atoms with Gasteiger partial charge in [0, 0.05) is 17.3 Å². The highest BCUT2D eigenvalue weighted by molar-refractivity contribution is 6.51. The minimum Gasteiger partial charge on any atom is -0.507 e. The normalized spacial score (nSPS) is 17.5. The van der Waals surface area contributed by atoms with Crippen LogP contribution in [0.1, 0.15) is 17.4 Å². The van der Waals surface area contributed by atoms with Crippen molar-refractivity contribution >= 4 is 23.1 Å². The van der Waals surface area contributed by atoms with Crippen molar-refractivity contribution in [2.24, 2.45) is 0 Å². The van der Waals surface area contributed by atoms with E-state index in [1.165, 1.54) is 32.5 Å². The molecule has 32 heavy (non-hydrogen) atoms. The van der Waals surface area contributed by atoms with Crippen molar-refractivity contribution in [1.82, 2.24) is 0 Å². The van der Waals surface area contributed by atoms with Gasteiger partial charge in [-0.05, 0) is 48.5 Å². The third-order valence-electron chi connectivity index (χ3n) is 5.27. The quantitative estimate of drug-likeness (QED) is 0.356. The lowest BCUT2D eigenvalue weighted by atomic mass is 9.99. The monoisotopic (exact) mass is 435 g/mol. The zero-order chi connectivity index (χ0) is 22.8. The molecule has 1 aliphatic rings. The summed E-state index contributed by atoms with van der Waals surface area (Å²) in [5.41, 5.74) is 0.678. The Labute approximate surface area is 184 Å².